The number of rotatable bonds is 5. The maximum absolute atomic E-state index is 5.29. The molecule has 0 bridgehead atoms. The Bertz CT molecular complexity index is 498. The summed E-state index contributed by atoms with van der Waals surface area (Å²) in [6.45, 7) is 5.20. The van der Waals surface area contributed by atoms with Crippen molar-refractivity contribution in [3.8, 4) is 11.4 Å². The van der Waals surface area contributed by atoms with Gasteiger partial charge in [0.1, 0.15) is 11.6 Å². The average Bonchev–Trinajstić information content (AvgIpc) is 2.76. The van der Waals surface area contributed by atoms with E-state index in [1.807, 2.05) is 26.0 Å². The molecule has 0 aromatic carbocycles. The molecule has 0 amide bonds. The Balaban J connectivity index is 2.42. The van der Waals surface area contributed by atoms with E-state index in [-0.39, 0.29) is 0 Å². The minimum Gasteiger partial charge on any atom is -0.469 e. The molecule has 2 heterocycles. The lowest BCUT2D eigenvalue weighted by molar-refractivity contribution is 0.181. The van der Waals surface area contributed by atoms with E-state index in [0.717, 1.165) is 29.4 Å². The summed E-state index contributed by atoms with van der Waals surface area (Å²) in [4.78, 5) is 8.94. The summed E-state index contributed by atoms with van der Waals surface area (Å²) in [5, 5.41) is 3.19. The van der Waals surface area contributed by atoms with Gasteiger partial charge in [-0.2, -0.15) is 0 Å². The van der Waals surface area contributed by atoms with Crippen LogP contribution in [0.3, 0.4) is 0 Å². The van der Waals surface area contributed by atoms with Gasteiger partial charge in [-0.15, -0.1) is 0 Å². The quantitative estimate of drug-likeness (QED) is 0.880. The summed E-state index contributed by atoms with van der Waals surface area (Å²) >= 11 is 0. The second-order valence-electron chi connectivity index (χ2n) is 3.92. The van der Waals surface area contributed by atoms with Crippen molar-refractivity contribution in [2.45, 2.75) is 20.5 Å². The van der Waals surface area contributed by atoms with Crippen LogP contribution in [0.15, 0.2) is 22.8 Å². The Kier molecular flexibility index (Phi) is 3.94. The largest absolute Gasteiger partial charge is 0.469 e. The van der Waals surface area contributed by atoms with Crippen LogP contribution in [0.5, 0.6) is 0 Å². The van der Waals surface area contributed by atoms with E-state index in [4.69, 9.17) is 9.15 Å². The van der Waals surface area contributed by atoms with Gasteiger partial charge in [0.05, 0.1) is 24.1 Å². The molecule has 2 aromatic heterocycles. The summed E-state index contributed by atoms with van der Waals surface area (Å²) in [5.41, 5.74) is 1.76. The molecule has 5 heteroatoms. The SMILES string of the molecule is CCNc1cc(COC)nc(-c2ccoc2C)n1. The molecule has 18 heavy (non-hydrogen) atoms. The van der Waals surface area contributed by atoms with Crippen molar-refractivity contribution in [2.75, 3.05) is 19.0 Å². The first-order valence-electron chi connectivity index (χ1n) is 5.89. The second kappa shape index (κ2) is 5.64. The highest BCUT2D eigenvalue weighted by Crippen LogP contribution is 2.22. The molecule has 0 saturated carbocycles. The lowest BCUT2D eigenvalue weighted by Crippen LogP contribution is -2.04. The fourth-order valence-electron chi connectivity index (χ4n) is 1.73. The van der Waals surface area contributed by atoms with Crippen molar-refractivity contribution in [2.24, 2.45) is 0 Å². The fraction of sp³-hybridized carbons (Fsp3) is 0.385. The van der Waals surface area contributed by atoms with E-state index in [9.17, 15) is 0 Å². The lowest BCUT2D eigenvalue weighted by atomic mass is 10.2. The zero-order valence-electron chi connectivity index (χ0n) is 10.9. The number of hydrogen-bond acceptors (Lipinski definition) is 5. The maximum atomic E-state index is 5.29. The molecule has 0 saturated heterocycles. The average molecular weight is 247 g/mol. The Morgan fingerprint density at radius 1 is 1.39 bits per heavy atom. The van der Waals surface area contributed by atoms with Crippen LogP contribution in [0.25, 0.3) is 11.4 Å². The number of nitrogens with zero attached hydrogens (tertiary/aromatic N) is 2. The molecule has 1 N–H and O–H groups in total. The predicted octanol–water partition coefficient (Wildman–Crippen LogP) is 2.62. The molecule has 5 nitrogen and oxygen atoms in total. The number of anilines is 1. The first-order chi connectivity index (χ1) is 8.74. The van der Waals surface area contributed by atoms with Crippen LogP contribution in [0, 0.1) is 6.92 Å². The summed E-state index contributed by atoms with van der Waals surface area (Å²) in [6.07, 6.45) is 1.64. The standard InChI is InChI=1S/C13H17N3O2/c1-4-14-12-7-10(8-17-3)15-13(16-12)11-5-6-18-9(11)2/h5-7H,4,8H2,1-3H3,(H,14,15,16). The molecule has 0 unspecified atom stereocenters. The van der Waals surface area contributed by atoms with E-state index < -0.39 is 0 Å². The van der Waals surface area contributed by atoms with Crippen molar-refractivity contribution >= 4 is 5.82 Å². The zero-order chi connectivity index (χ0) is 13.0. The number of aryl methyl sites for hydroxylation is 1. The monoisotopic (exact) mass is 247 g/mol. The van der Waals surface area contributed by atoms with Gasteiger partial charge in [0.15, 0.2) is 5.82 Å². The van der Waals surface area contributed by atoms with Gasteiger partial charge in [-0.05, 0) is 19.9 Å². The summed E-state index contributed by atoms with van der Waals surface area (Å²) in [5.74, 6) is 2.27. The zero-order valence-corrected chi connectivity index (χ0v) is 10.9. The molecule has 0 fully saturated rings. The molecule has 0 spiro atoms. The van der Waals surface area contributed by atoms with Crippen molar-refractivity contribution in [1.29, 1.82) is 0 Å². The smallest absolute Gasteiger partial charge is 0.165 e. The molecule has 0 atom stereocenters. The van der Waals surface area contributed by atoms with Crippen LogP contribution in [-0.2, 0) is 11.3 Å². The lowest BCUT2D eigenvalue weighted by Gasteiger charge is -2.08. The molecule has 0 aliphatic rings. The van der Waals surface area contributed by atoms with E-state index in [2.05, 4.69) is 15.3 Å². The summed E-state index contributed by atoms with van der Waals surface area (Å²) < 4.78 is 10.4. The topological polar surface area (TPSA) is 60.2 Å². The Labute approximate surface area is 106 Å². The van der Waals surface area contributed by atoms with Gasteiger partial charge < -0.3 is 14.5 Å². The molecule has 2 aromatic rings. The van der Waals surface area contributed by atoms with Crippen LogP contribution in [0.4, 0.5) is 5.82 Å². The van der Waals surface area contributed by atoms with Crippen molar-refractivity contribution in [3.05, 3.63) is 29.9 Å². The van der Waals surface area contributed by atoms with E-state index >= 15 is 0 Å². The third-order valence-electron chi connectivity index (χ3n) is 2.53. The van der Waals surface area contributed by atoms with Gasteiger partial charge >= 0.3 is 0 Å². The van der Waals surface area contributed by atoms with Crippen LogP contribution in [-0.4, -0.2) is 23.6 Å². The highest BCUT2D eigenvalue weighted by molar-refractivity contribution is 5.59. The maximum Gasteiger partial charge on any atom is 0.165 e. The molecule has 2 rings (SSSR count). The van der Waals surface area contributed by atoms with E-state index in [1.54, 1.807) is 13.4 Å². The minimum atomic E-state index is 0.463. The van der Waals surface area contributed by atoms with Crippen LogP contribution in [0.2, 0.25) is 0 Å². The van der Waals surface area contributed by atoms with Crippen molar-refractivity contribution < 1.29 is 9.15 Å². The third-order valence-corrected chi connectivity index (χ3v) is 2.53. The number of aromatic nitrogens is 2. The highest BCUT2D eigenvalue weighted by atomic mass is 16.5. The van der Waals surface area contributed by atoms with Gasteiger partial charge in [0.25, 0.3) is 0 Å². The van der Waals surface area contributed by atoms with Crippen LogP contribution in [0.1, 0.15) is 18.4 Å². The second-order valence-corrected chi connectivity index (χ2v) is 3.92. The number of hydrogen-bond donors (Lipinski definition) is 1. The summed E-state index contributed by atoms with van der Waals surface area (Å²) in [7, 11) is 1.65. The molecule has 0 aliphatic carbocycles. The number of methoxy groups -OCH3 is 1. The van der Waals surface area contributed by atoms with E-state index in [0.29, 0.717) is 12.4 Å². The van der Waals surface area contributed by atoms with Gasteiger partial charge in [-0.1, -0.05) is 0 Å². The van der Waals surface area contributed by atoms with Crippen molar-refractivity contribution in [3.63, 3.8) is 0 Å². The molecule has 96 valence electrons. The van der Waals surface area contributed by atoms with Gasteiger partial charge in [0.2, 0.25) is 0 Å². The molecular formula is C13H17N3O2. The first-order valence-corrected chi connectivity index (χ1v) is 5.89. The Morgan fingerprint density at radius 2 is 2.22 bits per heavy atom. The minimum absolute atomic E-state index is 0.463. The van der Waals surface area contributed by atoms with Crippen LogP contribution < -0.4 is 5.32 Å². The summed E-state index contributed by atoms with van der Waals surface area (Å²) in [6, 6.07) is 3.77. The number of nitrogens with one attached hydrogen (secondary N) is 1. The predicted molar refractivity (Wildman–Crippen MR) is 69.3 cm³/mol. The fourth-order valence-corrected chi connectivity index (χ4v) is 1.73. The number of ether oxygens (including phenoxy) is 1. The van der Waals surface area contributed by atoms with Crippen LogP contribution >= 0.6 is 0 Å². The normalized spacial score (nSPS) is 10.6. The molecule has 0 radical (unpaired) electrons. The van der Waals surface area contributed by atoms with E-state index in [1.165, 1.54) is 0 Å². The van der Waals surface area contributed by atoms with Gasteiger partial charge in [-0.25, -0.2) is 9.97 Å². The third kappa shape index (κ3) is 2.68. The molecule has 0 aliphatic heterocycles. The molecular weight excluding hydrogens is 230 g/mol. The van der Waals surface area contributed by atoms with Crippen molar-refractivity contribution in [1.82, 2.24) is 9.97 Å². The first kappa shape index (κ1) is 12.6. The highest BCUT2D eigenvalue weighted by Gasteiger charge is 2.10. The van der Waals surface area contributed by atoms with Gasteiger partial charge in [0, 0.05) is 19.7 Å². The number of furan rings is 1. The Hall–Kier alpha value is -1.88. The Morgan fingerprint density at radius 3 is 2.83 bits per heavy atom. The van der Waals surface area contributed by atoms with Gasteiger partial charge in [-0.3, -0.25) is 0 Å².